The van der Waals surface area contributed by atoms with E-state index in [2.05, 4.69) is 22.5 Å². The molecule has 2 N–H and O–H groups in total. The molecule has 4 aliphatic rings. The molecule has 4 saturated heterocycles. The van der Waals surface area contributed by atoms with Crippen molar-refractivity contribution < 1.29 is 4.79 Å². The van der Waals surface area contributed by atoms with Gasteiger partial charge < -0.3 is 15.5 Å². The van der Waals surface area contributed by atoms with Gasteiger partial charge in [0.2, 0.25) is 5.91 Å². The maximum atomic E-state index is 12.2. The summed E-state index contributed by atoms with van der Waals surface area (Å²) in [4.78, 5) is 14.7. The van der Waals surface area contributed by atoms with Crippen molar-refractivity contribution >= 4 is 5.91 Å². The number of rotatable bonds is 2. The van der Waals surface area contributed by atoms with Gasteiger partial charge in [0.1, 0.15) is 0 Å². The van der Waals surface area contributed by atoms with Crippen LogP contribution in [0.15, 0.2) is 0 Å². The van der Waals surface area contributed by atoms with Gasteiger partial charge >= 0.3 is 0 Å². The summed E-state index contributed by atoms with van der Waals surface area (Å²) in [6.07, 6.45) is 2.53. The molecule has 1 amide bonds. The topological polar surface area (TPSA) is 44.4 Å². The van der Waals surface area contributed by atoms with Gasteiger partial charge in [-0.1, -0.05) is 6.92 Å². The van der Waals surface area contributed by atoms with Gasteiger partial charge in [-0.15, -0.1) is 0 Å². The van der Waals surface area contributed by atoms with E-state index in [1.165, 1.54) is 25.9 Å². The minimum absolute atomic E-state index is 0.186. The molecule has 0 spiro atoms. The molecule has 4 nitrogen and oxygen atoms in total. The molecule has 17 heavy (non-hydrogen) atoms. The van der Waals surface area contributed by atoms with E-state index in [1.54, 1.807) is 0 Å². The van der Waals surface area contributed by atoms with Crippen LogP contribution in [0.3, 0.4) is 0 Å². The fraction of sp³-hybridized carbons (Fsp3) is 0.923. The molecule has 3 unspecified atom stereocenters. The van der Waals surface area contributed by atoms with Gasteiger partial charge in [0.15, 0.2) is 0 Å². The largest absolute Gasteiger partial charge is 0.352 e. The second kappa shape index (κ2) is 4.58. The third-order valence-corrected chi connectivity index (χ3v) is 4.84. The Morgan fingerprint density at radius 1 is 1.29 bits per heavy atom. The van der Waals surface area contributed by atoms with Gasteiger partial charge in [-0.2, -0.15) is 0 Å². The molecule has 4 aliphatic heterocycles. The fourth-order valence-corrected chi connectivity index (χ4v) is 3.58. The van der Waals surface area contributed by atoms with Crippen LogP contribution < -0.4 is 10.6 Å². The SMILES string of the molecule is CC1CNCC1C(=O)NC1CN2CCC1CC2. The molecule has 0 radical (unpaired) electrons. The minimum atomic E-state index is 0.186. The van der Waals surface area contributed by atoms with Crippen LogP contribution in [0.4, 0.5) is 0 Å². The smallest absolute Gasteiger partial charge is 0.224 e. The average Bonchev–Trinajstić information content (AvgIpc) is 2.77. The monoisotopic (exact) mass is 237 g/mol. The molecule has 4 fully saturated rings. The molecule has 96 valence electrons. The van der Waals surface area contributed by atoms with Crippen LogP contribution in [-0.4, -0.2) is 49.6 Å². The minimum Gasteiger partial charge on any atom is -0.352 e. The lowest BCUT2D eigenvalue weighted by Gasteiger charge is -2.45. The average molecular weight is 237 g/mol. The standard InChI is InChI=1S/C13H23N3O/c1-9-6-14-7-11(9)13(17)15-12-8-16-4-2-10(12)3-5-16/h9-12,14H,2-8H2,1H3,(H,15,17). The van der Waals surface area contributed by atoms with Gasteiger partial charge in [-0.3, -0.25) is 4.79 Å². The number of hydrogen-bond acceptors (Lipinski definition) is 3. The highest BCUT2D eigenvalue weighted by Crippen LogP contribution is 2.28. The van der Waals surface area contributed by atoms with Crippen molar-refractivity contribution in [1.29, 1.82) is 0 Å². The predicted molar refractivity (Wildman–Crippen MR) is 66.6 cm³/mol. The van der Waals surface area contributed by atoms with Crippen molar-refractivity contribution in [3.05, 3.63) is 0 Å². The number of fused-ring (bicyclic) bond motifs is 3. The summed E-state index contributed by atoms with van der Waals surface area (Å²) >= 11 is 0. The highest BCUT2D eigenvalue weighted by molar-refractivity contribution is 5.80. The summed E-state index contributed by atoms with van der Waals surface area (Å²) < 4.78 is 0. The normalized spacial score (nSPS) is 44.9. The molecular weight excluding hydrogens is 214 g/mol. The van der Waals surface area contributed by atoms with Crippen LogP contribution in [0.25, 0.3) is 0 Å². The fourth-order valence-electron chi connectivity index (χ4n) is 3.58. The van der Waals surface area contributed by atoms with Crippen molar-refractivity contribution in [2.75, 3.05) is 32.7 Å². The number of amides is 1. The number of carbonyl (C=O) groups excluding carboxylic acids is 1. The predicted octanol–water partition coefficient (Wildman–Crippen LogP) is 0.0523. The Morgan fingerprint density at radius 3 is 2.59 bits per heavy atom. The highest BCUT2D eigenvalue weighted by atomic mass is 16.2. The zero-order valence-electron chi connectivity index (χ0n) is 10.6. The van der Waals surface area contributed by atoms with Crippen LogP contribution in [0.5, 0.6) is 0 Å². The van der Waals surface area contributed by atoms with E-state index in [-0.39, 0.29) is 11.8 Å². The van der Waals surface area contributed by atoms with E-state index in [0.717, 1.165) is 25.6 Å². The Kier molecular flexibility index (Phi) is 3.09. The lowest BCUT2D eigenvalue weighted by Crippen LogP contribution is -2.58. The zero-order chi connectivity index (χ0) is 11.8. The Balaban J connectivity index is 1.58. The van der Waals surface area contributed by atoms with E-state index >= 15 is 0 Å². The van der Waals surface area contributed by atoms with Gasteiger partial charge in [0, 0.05) is 19.1 Å². The molecular formula is C13H23N3O. The molecule has 2 bridgehead atoms. The third-order valence-electron chi connectivity index (χ3n) is 4.84. The summed E-state index contributed by atoms with van der Waals surface area (Å²) in [6.45, 7) is 7.55. The first-order valence-electron chi connectivity index (χ1n) is 6.97. The first kappa shape index (κ1) is 11.5. The van der Waals surface area contributed by atoms with Crippen LogP contribution >= 0.6 is 0 Å². The van der Waals surface area contributed by atoms with Crippen molar-refractivity contribution in [2.24, 2.45) is 17.8 Å². The second-order valence-electron chi connectivity index (χ2n) is 6.00. The maximum absolute atomic E-state index is 12.2. The number of hydrogen-bond donors (Lipinski definition) is 2. The van der Waals surface area contributed by atoms with Gasteiger partial charge in [-0.05, 0) is 44.3 Å². The van der Waals surface area contributed by atoms with Crippen molar-refractivity contribution in [2.45, 2.75) is 25.8 Å². The van der Waals surface area contributed by atoms with Crippen LogP contribution in [0.1, 0.15) is 19.8 Å². The molecule has 0 aliphatic carbocycles. The highest BCUT2D eigenvalue weighted by Gasteiger charge is 2.37. The number of nitrogens with zero attached hydrogens (tertiary/aromatic N) is 1. The maximum Gasteiger partial charge on any atom is 0.224 e. The lowest BCUT2D eigenvalue weighted by molar-refractivity contribution is -0.127. The molecule has 4 heteroatoms. The van der Waals surface area contributed by atoms with Crippen molar-refractivity contribution in [3.63, 3.8) is 0 Å². The summed E-state index contributed by atoms with van der Waals surface area (Å²) in [6, 6.07) is 0.415. The molecule has 0 aromatic rings. The van der Waals surface area contributed by atoms with E-state index in [4.69, 9.17) is 0 Å². The van der Waals surface area contributed by atoms with Crippen LogP contribution in [0, 0.1) is 17.8 Å². The van der Waals surface area contributed by atoms with Crippen molar-refractivity contribution in [3.8, 4) is 0 Å². The zero-order valence-corrected chi connectivity index (χ0v) is 10.6. The van der Waals surface area contributed by atoms with E-state index < -0.39 is 0 Å². The molecule has 0 saturated carbocycles. The molecule has 0 aromatic carbocycles. The molecule has 3 atom stereocenters. The third kappa shape index (κ3) is 2.20. The lowest BCUT2D eigenvalue weighted by atomic mass is 9.83. The van der Waals surface area contributed by atoms with Gasteiger partial charge in [-0.25, -0.2) is 0 Å². The van der Waals surface area contributed by atoms with Crippen LogP contribution in [-0.2, 0) is 4.79 Å². The quantitative estimate of drug-likeness (QED) is 0.713. The first-order chi connectivity index (χ1) is 8.24. The summed E-state index contributed by atoms with van der Waals surface area (Å²) in [5.74, 6) is 1.68. The number of piperidine rings is 3. The molecule has 4 heterocycles. The summed E-state index contributed by atoms with van der Waals surface area (Å²) in [5.41, 5.74) is 0. The van der Waals surface area contributed by atoms with Gasteiger partial charge in [0.05, 0.1) is 5.92 Å². The van der Waals surface area contributed by atoms with Gasteiger partial charge in [0.25, 0.3) is 0 Å². The Labute approximate surface area is 103 Å². The Bertz CT molecular complexity index is 299. The first-order valence-corrected chi connectivity index (χ1v) is 6.97. The van der Waals surface area contributed by atoms with E-state index in [1.807, 2.05) is 0 Å². The Hall–Kier alpha value is -0.610. The number of carbonyl (C=O) groups is 1. The molecule has 0 aromatic heterocycles. The Morgan fingerprint density at radius 2 is 2.06 bits per heavy atom. The van der Waals surface area contributed by atoms with Crippen LogP contribution in [0.2, 0.25) is 0 Å². The van der Waals surface area contributed by atoms with Crippen molar-refractivity contribution in [1.82, 2.24) is 15.5 Å². The summed E-state index contributed by atoms with van der Waals surface area (Å²) in [7, 11) is 0. The second-order valence-corrected chi connectivity index (χ2v) is 6.00. The molecule has 4 rings (SSSR count). The van der Waals surface area contributed by atoms with E-state index in [9.17, 15) is 4.79 Å². The summed E-state index contributed by atoms with van der Waals surface area (Å²) in [5, 5.41) is 6.61. The number of nitrogens with one attached hydrogen (secondary N) is 2. The van der Waals surface area contributed by atoms with E-state index in [0.29, 0.717) is 12.0 Å².